The van der Waals surface area contributed by atoms with E-state index in [0.717, 1.165) is 0 Å². The second kappa shape index (κ2) is 7.70. The molecular formula is C16H14Cl3N3O3S. The van der Waals surface area contributed by atoms with Gasteiger partial charge < -0.3 is 4.90 Å². The Bertz CT molecular complexity index is 925. The molecule has 1 aliphatic rings. The van der Waals surface area contributed by atoms with Crippen LogP contribution >= 0.6 is 34.8 Å². The first-order chi connectivity index (χ1) is 12.3. The average Bonchev–Trinajstić information content (AvgIpc) is 2.61. The van der Waals surface area contributed by atoms with Gasteiger partial charge in [-0.1, -0.05) is 40.9 Å². The Balaban J connectivity index is 1.76. The van der Waals surface area contributed by atoms with Crippen LogP contribution in [0.15, 0.2) is 41.4 Å². The zero-order valence-corrected chi connectivity index (χ0v) is 16.5. The van der Waals surface area contributed by atoms with Crippen molar-refractivity contribution in [2.24, 2.45) is 0 Å². The van der Waals surface area contributed by atoms with E-state index in [2.05, 4.69) is 4.98 Å². The van der Waals surface area contributed by atoms with Crippen molar-refractivity contribution in [2.45, 2.75) is 4.90 Å². The molecule has 26 heavy (non-hydrogen) atoms. The molecule has 0 spiro atoms. The van der Waals surface area contributed by atoms with E-state index >= 15 is 0 Å². The molecule has 0 aliphatic carbocycles. The summed E-state index contributed by atoms with van der Waals surface area (Å²) >= 11 is 18.0. The van der Waals surface area contributed by atoms with Gasteiger partial charge in [0.15, 0.2) is 0 Å². The highest BCUT2D eigenvalue weighted by molar-refractivity contribution is 7.89. The van der Waals surface area contributed by atoms with Gasteiger partial charge in [-0.2, -0.15) is 4.31 Å². The zero-order chi connectivity index (χ0) is 18.9. The van der Waals surface area contributed by atoms with Gasteiger partial charge in [0.2, 0.25) is 10.0 Å². The number of carbonyl (C=O) groups is 1. The number of carbonyl (C=O) groups excluding carboxylic acids is 1. The van der Waals surface area contributed by atoms with Crippen molar-refractivity contribution >= 4 is 50.7 Å². The maximum Gasteiger partial charge on any atom is 0.257 e. The van der Waals surface area contributed by atoms with Crippen molar-refractivity contribution < 1.29 is 13.2 Å². The second-order valence-corrected chi connectivity index (χ2v) is 8.64. The third-order valence-corrected chi connectivity index (χ3v) is 7.19. The molecule has 6 nitrogen and oxygen atoms in total. The van der Waals surface area contributed by atoms with E-state index in [1.54, 1.807) is 23.1 Å². The molecule has 2 aromatic rings. The first kappa shape index (κ1) is 19.4. The van der Waals surface area contributed by atoms with Gasteiger partial charge >= 0.3 is 0 Å². The highest BCUT2D eigenvalue weighted by Crippen LogP contribution is 2.32. The zero-order valence-electron chi connectivity index (χ0n) is 13.4. The largest absolute Gasteiger partial charge is 0.336 e. The Kier molecular flexibility index (Phi) is 5.74. The first-order valence-electron chi connectivity index (χ1n) is 7.66. The van der Waals surface area contributed by atoms with Gasteiger partial charge in [0.1, 0.15) is 10.0 Å². The van der Waals surface area contributed by atoms with Crippen LogP contribution in [0.1, 0.15) is 10.4 Å². The van der Waals surface area contributed by atoms with Crippen molar-refractivity contribution in [3.8, 4) is 0 Å². The molecule has 0 N–H and O–H groups in total. The molecule has 0 unspecified atom stereocenters. The summed E-state index contributed by atoms with van der Waals surface area (Å²) in [5.74, 6) is -0.282. The molecule has 1 aromatic carbocycles. The molecule has 1 amide bonds. The molecule has 1 fully saturated rings. The van der Waals surface area contributed by atoms with Gasteiger partial charge in [-0.15, -0.1) is 0 Å². The number of halogens is 3. The SMILES string of the molecule is O=C(c1cccnc1Cl)N1CCN(S(=O)(=O)c2c(Cl)cccc2Cl)CC1. The van der Waals surface area contributed by atoms with E-state index in [-0.39, 0.29) is 52.2 Å². The summed E-state index contributed by atoms with van der Waals surface area (Å²) in [6, 6.07) is 7.75. The molecule has 0 saturated carbocycles. The smallest absolute Gasteiger partial charge is 0.257 e. The highest BCUT2D eigenvalue weighted by atomic mass is 35.5. The van der Waals surface area contributed by atoms with Crippen LogP contribution in [0.2, 0.25) is 15.2 Å². The molecular weight excluding hydrogens is 421 g/mol. The number of rotatable bonds is 3. The fourth-order valence-corrected chi connectivity index (χ4v) is 5.42. The molecule has 10 heteroatoms. The molecule has 1 aliphatic heterocycles. The molecule has 0 bridgehead atoms. The van der Waals surface area contributed by atoms with Crippen molar-refractivity contribution in [1.82, 2.24) is 14.2 Å². The van der Waals surface area contributed by atoms with Crippen LogP contribution in [0.5, 0.6) is 0 Å². The summed E-state index contributed by atoms with van der Waals surface area (Å²) in [7, 11) is -3.85. The van der Waals surface area contributed by atoms with Crippen molar-refractivity contribution in [3.63, 3.8) is 0 Å². The minimum Gasteiger partial charge on any atom is -0.336 e. The van der Waals surface area contributed by atoms with Crippen LogP contribution < -0.4 is 0 Å². The van der Waals surface area contributed by atoms with E-state index in [9.17, 15) is 13.2 Å². The van der Waals surface area contributed by atoms with Gasteiger partial charge in [0.05, 0.1) is 15.6 Å². The Morgan fingerprint density at radius 2 is 1.58 bits per heavy atom. The number of nitrogens with zero attached hydrogens (tertiary/aromatic N) is 3. The summed E-state index contributed by atoms with van der Waals surface area (Å²) in [6.45, 7) is 0.720. The maximum atomic E-state index is 12.9. The molecule has 1 saturated heterocycles. The van der Waals surface area contributed by atoms with Crippen molar-refractivity contribution in [2.75, 3.05) is 26.2 Å². The number of hydrogen-bond donors (Lipinski definition) is 0. The van der Waals surface area contributed by atoms with E-state index in [0.29, 0.717) is 5.56 Å². The standard InChI is InChI=1S/C16H14Cl3N3O3S/c17-12-4-1-5-13(18)14(12)26(24,25)22-9-7-21(8-10-22)16(23)11-3-2-6-20-15(11)19/h1-6H,7-10H2. The molecule has 2 heterocycles. The Morgan fingerprint density at radius 1 is 0.962 bits per heavy atom. The van der Waals surface area contributed by atoms with Crippen LogP contribution in [0.4, 0.5) is 0 Å². The van der Waals surface area contributed by atoms with Crippen LogP contribution in [-0.2, 0) is 10.0 Å². The summed E-state index contributed by atoms with van der Waals surface area (Å²) in [4.78, 5) is 17.9. The van der Waals surface area contributed by atoms with Crippen LogP contribution in [0.3, 0.4) is 0 Å². The monoisotopic (exact) mass is 433 g/mol. The average molecular weight is 435 g/mol. The summed E-state index contributed by atoms with van der Waals surface area (Å²) < 4.78 is 27.0. The molecule has 0 atom stereocenters. The van der Waals surface area contributed by atoms with Gasteiger partial charge in [0, 0.05) is 32.4 Å². The number of piperazine rings is 1. The Hall–Kier alpha value is -1.38. The molecule has 3 rings (SSSR count). The fraction of sp³-hybridized carbons (Fsp3) is 0.250. The minimum absolute atomic E-state index is 0.0677. The van der Waals surface area contributed by atoms with Crippen molar-refractivity contribution in [3.05, 3.63) is 57.3 Å². The summed E-state index contributed by atoms with van der Waals surface area (Å²) in [6.07, 6.45) is 1.50. The lowest BCUT2D eigenvalue weighted by Crippen LogP contribution is -2.50. The summed E-state index contributed by atoms with van der Waals surface area (Å²) in [5, 5.41) is 0.256. The van der Waals surface area contributed by atoms with Crippen molar-refractivity contribution in [1.29, 1.82) is 0 Å². The first-order valence-corrected chi connectivity index (χ1v) is 10.2. The number of sulfonamides is 1. The number of amides is 1. The number of hydrogen-bond acceptors (Lipinski definition) is 4. The van der Waals surface area contributed by atoms with E-state index < -0.39 is 10.0 Å². The lowest BCUT2D eigenvalue weighted by Gasteiger charge is -2.34. The van der Waals surface area contributed by atoms with E-state index in [1.807, 2.05) is 0 Å². The fourth-order valence-electron chi connectivity index (χ4n) is 2.71. The van der Waals surface area contributed by atoms with Gasteiger partial charge in [0.25, 0.3) is 5.91 Å². The molecule has 0 radical (unpaired) electrons. The predicted molar refractivity (Wildman–Crippen MR) is 100 cm³/mol. The van der Waals surface area contributed by atoms with E-state index in [1.165, 1.54) is 22.6 Å². The number of benzene rings is 1. The van der Waals surface area contributed by atoms with Gasteiger partial charge in [-0.05, 0) is 24.3 Å². The topological polar surface area (TPSA) is 70.6 Å². The van der Waals surface area contributed by atoms with Gasteiger partial charge in [-0.25, -0.2) is 13.4 Å². The number of aromatic nitrogens is 1. The van der Waals surface area contributed by atoms with Crippen LogP contribution in [0.25, 0.3) is 0 Å². The Morgan fingerprint density at radius 3 is 2.15 bits per heavy atom. The molecule has 1 aromatic heterocycles. The van der Waals surface area contributed by atoms with E-state index in [4.69, 9.17) is 34.8 Å². The second-order valence-electron chi connectivity index (χ2n) is 5.59. The minimum atomic E-state index is -3.85. The highest BCUT2D eigenvalue weighted by Gasteiger charge is 2.33. The van der Waals surface area contributed by atoms with Gasteiger partial charge in [-0.3, -0.25) is 4.79 Å². The maximum absolute atomic E-state index is 12.9. The quantitative estimate of drug-likeness (QED) is 0.696. The lowest BCUT2D eigenvalue weighted by atomic mass is 10.2. The predicted octanol–water partition coefficient (Wildman–Crippen LogP) is 3.19. The lowest BCUT2D eigenvalue weighted by molar-refractivity contribution is 0.0697. The van der Waals surface area contributed by atoms with Crippen LogP contribution in [0, 0.1) is 0 Å². The third-order valence-electron chi connectivity index (χ3n) is 4.03. The Labute approximate surface area is 166 Å². The summed E-state index contributed by atoms with van der Waals surface area (Å²) in [5.41, 5.74) is 0.291. The normalized spacial score (nSPS) is 15.9. The number of pyridine rings is 1. The molecule has 138 valence electrons. The van der Waals surface area contributed by atoms with Crippen LogP contribution in [-0.4, -0.2) is 54.7 Å². The third kappa shape index (κ3) is 3.68.